The Morgan fingerprint density at radius 3 is 2.29 bits per heavy atom. The molecule has 2 rings (SSSR count). The van der Waals surface area contributed by atoms with Crippen LogP contribution in [0.1, 0.15) is 32.1 Å². The van der Waals surface area contributed by atoms with E-state index >= 15 is 0 Å². The van der Waals surface area contributed by atoms with Crippen molar-refractivity contribution >= 4 is 17.6 Å². The van der Waals surface area contributed by atoms with Crippen molar-refractivity contribution in [1.29, 1.82) is 0 Å². The molecular weight excluding hydrogens is 312 g/mol. The van der Waals surface area contributed by atoms with Gasteiger partial charge in [0.25, 0.3) is 5.91 Å². The third-order valence-corrected chi connectivity index (χ3v) is 3.70. The first-order valence-corrected chi connectivity index (χ1v) is 7.23. The SMILES string of the molecule is COC(=O)c1c(C)[nH]c(C(=O)Nc2ccc(OC)c(OC)c2)c1C. The Morgan fingerprint density at radius 2 is 1.71 bits per heavy atom. The van der Waals surface area contributed by atoms with Crippen LogP contribution in [-0.4, -0.2) is 38.2 Å². The van der Waals surface area contributed by atoms with Gasteiger partial charge in [0.1, 0.15) is 5.69 Å². The summed E-state index contributed by atoms with van der Waals surface area (Å²) in [5.41, 5.74) is 2.34. The lowest BCUT2D eigenvalue weighted by Gasteiger charge is -2.10. The minimum atomic E-state index is -0.480. The number of nitrogens with one attached hydrogen (secondary N) is 2. The van der Waals surface area contributed by atoms with Gasteiger partial charge in [-0.15, -0.1) is 0 Å². The smallest absolute Gasteiger partial charge is 0.339 e. The highest BCUT2D eigenvalue weighted by Gasteiger charge is 2.22. The zero-order valence-electron chi connectivity index (χ0n) is 14.3. The lowest BCUT2D eigenvalue weighted by molar-refractivity contribution is 0.0599. The van der Waals surface area contributed by atoms with Gasteiger partial charge in [0.2, 0.25) is 0 Å². The number of esters is 1. The fraction of sp³-hybridized carbons (Fsp3) is 0.294. The van der Waals surface area contributed by atoms with Crippen molar-refractivity contribution in [3.8, 4) is 11.5 Å². The number of benzene rings is 1. The topological polar surface area (TPSA) is 89.7 Å². The predicted molar refractivity (Wildman–Crippen MR) is 89.1 cm³/mol. The molecule has 0 aliphatic heterocycles. The average Bonchev–Trinajstić information content (AvgIpc) is 2.88. The molecule has 0 bridgehead atoms. The second-order valence-corrected chi connectivity index (χ2v) is 5.14. The van der Waals surface area contributed by atoms with Gasteiger partial charge >= 0.3 is 5.97 Å². The van der Waals surface area contributed by atoms with E-state index < -0.39 is 5.97 Å². The summed E-state index contributed by atoms with van der Waals surface area (Å²) in [7, 11) is 4.36. The molecule has 2 aromatic rings. The third-order valence-electron chi connectivity index (χ3n) is 3.70. The number of hydrogen-bond acceptors (Lipinski definition) is 5. The minimum Gasteiger partial charge on any atom is -0.493 e. The van der Waals surface area contributed by atoms with E-state index in [1.807, 2.05) is 0 Å². The van der Waals surface area contributed by atoms with Crippen LogP contribution < -0.4 is 14.8 Å². The largest absolute Gasteiger partial charge is 0.493 e. The summed E-state index contributed by atoms with van der Waals surface area (Å²) in [5.74, 6) is 0.227. The predicted octanol–water partition coefficient (Wildman–Crippen LogP) is 2.69. The summed E-state index contributed by atoms with van der Waals surface area (Å²) < 4.78 is 15.1. The van der Waals surface area contributed by atoms with Gasteiger partial charge in [-0.1, -0.05) is 0 Å². The Labute approximate surface area is 139 Å². The van der Waals surface area contributed by atoms with E-state index in [2.05, 4.69) is 10.3 Å². The lowest BCUT2D eigenvalue weighted by Crippen LogP contribution is -2.14. The highest BCUT2D eigenvalue weighted by molar-refractivity contribution is 6.06. The van der Waals surface area contributed by atoms with Crippen molar-refractivity contribution in [1.82, 2.24) is 4.98 Å². The number of hydrogen-bond donors (Lipinski definition) is 2. The van der Waals surface area contributed by atoms with E-state index in [4.69, 9.17) is 14.2 Å². The molecule has 7 nitrogen and oxygen atoms in total. The van der Waals surface area contributed by atoms with E-state index in [9.17, 15) is 9.59 Å². The molecule has 1 aromatic carbocycles. The maximum absolute atomic E-state index is 12.5. The summed E-state index contributed by atoms with van der Waals surface area (Å²) >= 11 is 0. The molecule has 0 aliphatic rings. The first-order valence-electron chi connectivity index (χ1n) is 7.23. The average molecular weight is 332 g/mol. The molecule has 1 amide bonds. The van der Waals surface area contributed by atoms with Gasteiger partial charge in [-0.3, -0.25) is 4.79 Å². The van der Waals surface area contributed by atoms with Crippen LogP contribution in [0.4, 0.5) is 5.69 Å². The first kappa shape index (κ1) is 17.4. The van der Waals surface area contributed by atoms with Crippen LogP contribution in [-0.2, 0) is 4.74 Å². The number of aromatic nitrogens is 1. The number of ether oxygens (including phenoxy) is 3. The van der Waals surface area contributed by atoms with Crippen molar-refractivity contribution in [3.63, 3.8) is 0 Å². The summed E-state index contributed by atoms with van der Waals surface area (Å²) in [4.78, 5) is 27.2. The van der Waals surface area contributed by atoms with Gasteiger partial charge < -0.3 is 24.5 Å². The molecule has 0 spiro atoms. The second kappa shape index (κ2) is 7.08. The Morgan fingerprint density at radius 1 is 1.04 bits per heavy atom. The fourth-order valence-corrected chi connectivity index (χ4v) is 2.49. The zero-order valence-corrected chi connectivity index (χ0v) is 14.3. The number of amides is 1. The van der Waals surface area contributed by atoms with E-state index in [1.165, 1.54) is 21.3 Å². The van der Waals surface area contributed by atoms with Crippen LogP contribution >= 0.6 is 0 Å². The van der Waals surface area contributed by atoms with E-state index in [1.54, 1.807) is 32.0 Å². The highest BCUT2D eigenvalue weighted by Crippen LogP contribution is 2.30. The number of carbonyl (C=O) groups is 2. The van der Waals surface area contributed by atoms with Crippen molar-refractivity contribution in [2.75, 3.05) is 26.6 Å². The summed E-state index contributed by atoms with van der Waals surface area (Å²) in [6.07, 6.45) is 0. The molecule has 0 fully saturated rings. The monoisotopic (exact) mass is 332 g/mol. The number of carbonyl (C=O) groups excluding carboxylic acids is 2. The van der Waals surface area contributed by atoms with Crippen LogP contribution in [0.5, 0.6) is 11.5 Å². The first-order chi connectivity index (χ1) is 11.4. The molecule has 1 aromatic heterocycles. The molecule has 0 radical (unpaired) electrons. The van der Waals surface area contributed by atoms with Crippen molar-refractivity contribution in [2.24, 2.45) is 0 Å². The molecule has 24 heavy (non-hydrogen) atoms. The quantitative estimate of drug-likeness (QED) is 0.822. The summed E-state index contributed by atoms with van der Waals surface area (Å²) in [6, 6.07) is 5.05. The number of aromatic amines is 1. The zero-order chi connectivity index (χ0) is 17.9. The maximum atomic E-state index is 12.5. The van der Waals surface area contributed by atoms with Crippen molar-refractivity contribution in [3.05, 3.63) is 40.7 Å². The van der Waals surface area contributed by atoms with E-state index in [0.29, 0.717) is 39.7 Å². The van der Waals surface area contributed by atoms with Gasteiger partial charge in [0.05, 0.1) is 26.9 Å². The minimum absolute atomic E-state index is 0.308. The van der Waals surface area contributed by atoms with Gasteiger partial charge in [-0.2, -0.15) is 0 Å². The number of methoxy groups -OCH3 is 3. The number of H-pyrrole nitrogens is 1. The fourth-order valence-electron chi connectivity index (χ4n) is 2.49. The molecule has 2 N–H and O–H groups in total. The third kappa shape index (κ3) is 3.19. The Hall–Kier alpha value is -2.96. The van der Waals surface area contributed by atoms with Crippen LogP contribution in [0.25, 0.3) is 0 Å². The Bertz CT molecular complexity index is 780. The molecule has 1 heterocycles. The number of rotatable bonds is 5. The Kier molecular flexibility index (Phi) is 5.13. The molecule has 0 unspecified atom stereocenters. The van der Waals surface area contributed by atoms with Crippen molar-refractivity contribution in [2.45, 2.75) is 13.8 Å². The van der Waals surface area contributed by atoms with Gasteiger partial charge in [-0.25, -0.2) is 4.79 Å². The summed E-state index contributed by atoms with van der Waals surface area (Å²) in [6.45, 7) is 3.41. The molecule has 7 heteroatoms. The van der Waals surface area contributed by atoms with Gasteiger partial charge in [0.15, 0.2) is 11.5 Å². The summed E-state index contributed by atoms with van der Waals surface area (Å²) in [5, 5.41) is 2.76. The second-order valence-electron chi connectivity index (χ2n) is 5.14. The van der Waals surface area contributed by atoms with Crippen LogP contribution in [0, 0.1) is 13.8 Å². The van der Waals surface area contributed by atoms with Crippen molar-refractivity contribution < 1.29 is 23.8 Å². The van der Waals surface area contributed by atoms with Crippen LogP contribution in [0.2, 0.25) is 0 Å². The Balaban J connectivity index is 2.29. The maximum Gasteiger partial charge on any atom is 0.339 e. The molecule has 0 saturated carbocycles. The molecule has 0 saturated heterocycles. The number of aryl methyl sites for hydroxylation is 1. The van der Waals surface area contributed by atoms with Crippen LogP contribution in [0.3, 0.4) is 0 Å². The molecule has 0 atom stereocenters. The van der Waals surface area contributed by atoms with Crippen LogP contribution in [0.15, 0.2) is 18.2 Å². The van der Waals surface area contributed by atoms with E-state index in [-0.39, 0.29) is 5.91 Å². The lowest BCUT2D eigenvalue weighted by atomic mass is 10.1. The molecule has 0 aliphatic carbocycles. The normalized spacial score (nSPS) is 10.2. The number of anilines is 1. The molecule has 128 valence electrons. The van der Waals surface area contributed by atoms with E-state index in [0.717, 1.165) is 0 Å². The standard InChI is InChI=1S/C17H20N2O5/c1-9-14(17(21)24-5)10(2)18-15(9)16(20)19-11-6-7-12(22-3)13(8-11)23-4/h6-8,18H,1-5H3,(H,19,20). The highest BCUT2D eigenvalue weighted by atomic mass is 16.5. The van der Waals surface area contributed by atoms with Gasteiger partial charge in [0, 0.05) is 17.4 Å². The van der Waals surface area contributed by atoms with Gasteiger partial charge in [-0.05, 0) is 31.5 Å². The molecular formula is C17H20N2O5.